The predicted octanol–water partition coefficient (Wildman–Crippen LogP) is 1.13. The van der Waals surface area contributed by atoms with Crippen molar-refractivity contribution < 1.29 is 19.0 Å². The van der Waals surface area contributed by atoms with Gasteiger partial charge in [0.1, 0.15) is 6.54 Å². The van der Waals surface area contributed by atoms with Crippen LogP contribution < -0.4 is 20.1 Å². The lowest BCUT2D eigenvalue weighted by Gasteiger charge is -2.14. The molecule has 1 amide bonds. The molecule has 27 heavy (non-hydrogen) atoms. The van der Waals surface area contributed by atoms with Gasteiger partial charge in [-0.2, -0.15) is 0 Å². The summed E-state index contributed by atoms with van der Waals surface area (Å²) in [7, 11) is 8.29. The van der Waals surface area contributed by atoms with Gasteiger partial charge >= 0.3 is 0 Å². The number of carbonyl (C=O) groups is 1. The average Bonchev–Trinajstić information content (AvgIpc) is 2.65. The molecule has 1 aromatic carbocycles. The fourth-order valence-electron chi connectivity index (χ4n) is 2.10. The summed E-state index contributed by atoms with van der Waals surface area (Å²) in [6.45, 7) is 1.91. The van der Waals surface area contributed by atoms with Gasteiger partial charge in [-0.1, -0.05) is 6.07 Å². The number of hydrogen-bond donors (Lipinski definition) is 2. The molecule has 0 fully saturated rings. The van der Waals surface area contributed by atoms with Crippen molar-refractivity contribution in [2.75, 3.05) is 61.7 Å². The fraction of sp³-hybridized carbons (Fsp3) is 0.556. The van der Waals surface area contributed by atoms with E-state index in [2.05, 4.69) is 15.6 Å². The van der Waals surface area contributed by atoms with Crippen LogP contribution >= 0.6 is 24.0 Å². The van der Waals surface area contributed by atoms with E-state index in [1.165, 1.54) is 4.90 Å². The van der Waals surface area contributed by atoms with Crippen LogP contribution in [0.3, 0.4) is 0 Å². The van der Waals surface area contributed by atoms with Gasteiger partial charge < -0.3 is 29.7 Å². The van der Waals surface area contributed by atoms with Gasteiger partial charge in [0.2, 0.25) is 5.91 Å². The Morgan fingerprint density at radius 2 is 1.74 bits per heavy atom. The number of carbonyl (C=O) groups excluding carboxylic acids is 1. The van der Waals surface area contributed by atoms with E-state index < -0.39 is 0 Å². The van der Waals surface area contributed by atoms with Gasteiger partial charge in [0.25, 0.3) is 0 Å². The third-order valence-electron chi connectivity index (χ3n) is 3.62. The van der Waals surface area contributed by atoms with E-state index in [0.29, 0.717) is 37.2 Å². The molecule has 2 N–H and O–H groups in total. The quantitative estimate of drug-likeness (QED) is 0.220. The van der Waals surface area contributed by atoms with E-state index in [0.717, 1.165) is 12.0 Å². The maximum atomic E-state index is 11.7. The summed E-state index contributed by atoms with van der Waals surface area (Å²) in [6, 6.07) is 5.83. The minimum Gasteiger partial charge on any atom is -0.493 e. The SMILES string of the molecule is COCCNC(=NCC(=O)N(C)C)NCCc1ccc(OC)c(OC)c1.I. The second-order valence-electron chi connectivity index (χ2n) is 5.74. The Hall–Kier alpha value is -1.75. The van der Waals surface area contributed by atoms with Crippen molar-refractivity contribution in [3.05, 3.63) is 23.8 Å². The molecule has 0 aromatic heterocycles. The molecular formula is C18H31IN4O4. The van der Waals surface area contributed by atoms with Crippen LogP contribution in [-0.2, 0) is 16.0 Å². The molecule has 8 nitrogen and oxygen atoms in total. The molecule has 0 saturated carbocycles. The smallest absolute Gasteiger partial charge is 0.243 e. The number of nitrogens with one attached hydrogen (secondary N) is 2. The normalized spacial score (nSPS) is 10.6. The Balaban J connectivity index is 0.00000676. The Bertz CT molecular complexity index is 597. The first kappa shape index (κ1) is 25.2. The summed E-state index contributed by atoms with van der Waals surface area (Å²) in [5.74, 6) is 1.93. The minimum atomic E-state index is -0.0577. The van der Waals surface area contributed by atoms with Crippen LogP contribution in [-0.4, -0.2) is 78.4 Å². The number of amides is 1. The lowest BCUT2D eigenvalue weighted by Crippen LogP contribution is -2.40. The van der Waals surface area contributed by atoms with Crippen LogP contribution in [0.25, 0.3) is 0 Å². The van der Waals surface area contributed by atoms with Crippen molar-refractivity contribution in [2.45, 2.75) is 6.42 Å². The van der Waals surface area contributed by atoms with E-state index in [1.54, 1.807) is 35.4 Å². The lowest BCUT2D eigenvalue weighted by atomic mass is 10.1. The maximum absolute atomic E-state index is 11.7. The number of aliphatic imine (C=N–C) groups is 1. The maximum Gasteiger partial charge on any atom is 0.243 e. The molecule has 0 atom stereocenters. The van der Waals surface area contributed by atoms with Crippen molar-refractivity contribution in [3.8, 4) is 11.5 Å². The molecule has 0 unspecified atom stereocenters. The number of nitrogens with zero attached hydrogens (tertiary/aromatic N) is 2. The number of methoxy groups -OCH3 is 3. The third-order valence-corrected chi connectivity index (χ3v) is 3.62. The molecule has 1 aromatic rings. The van der Waals surface area contributed by atoms with E-state index in [4.69, 9.17) is 14.2 Å². The van der Waals surface area contributed by atoms with Crippen molar-refractivity contribution in [2.24, 2.45) is 4.99 Å². The minimum absolute atomic E-state index is 0. The predicted molar refractivity (Wildman–Crippen MR) is 118 cm³/mol. The van der Waals surface area contributed by atoms with Gasteiger partial charge in [-0.15, -0.1) is 24.0 Å². The average molecular weight is 494 g/mol. The van der Waals surface area contributed by atoms with E-state index >= 15 is 0 Å². The van der Waals surface area contributed by atoms with Gasteiger partial charge in [-0.3, -0.25) is 4.79 Å². The van der Waals surface area contributed by atoms with Crippen LogP contribution in [0.15, 0.2) is 23.2 Å². The Morgan fingerprint density at radius 1 is 1.07 bits per heavy atom. The highest BCUT2D eigenvalue weighted by atomic mass is 127. The first-order chi connectivity index (χ1) is 12.5. The highest BCUT2D eigenvalue weighted by molar-refractivity contribution is 14.0. The number of benzene rings is 1. The van der Waals surface area contributed by atoms with Crippen LogP contribution in [0.1, 0.15) is 5.56 Å². The van der Waals surface area contributed by atoms with E-state index in [1.807, 2.05) is 18.2 Å². The first-order valence-electron chi connectivity index (χ1n) is 8.44. The number of likely N-dealkylation sites (N-methyl/N-ethyl adjacent to an activating group) is 1. The topological polar surface area (TPSA) is 84.4 Å². The van der Waals surface area contributed by atoms with Gasteiger partial charge in [0, 0.05) is 34.3 Å². The van der Waals surface area contributed by atoms with Crippen LogP contribution in [0.4, 0.5) is 0 Å². The molecule has 1 rings (SSSR count). The Kier molecular flexibility index (Phi) is 13.4. The Morgan fingerprint density at radius 3 is 2.33 bits per heavy atom. The highest BCUT2D eigenvalue weighted by Crippen LogP contribution is 2.27. The van der Waals surface area contributed by atoms with Gasteiger partial charge in [-0.05, 0) is 24.1 Å². The molecule has 0 saturated heterocycles. The molecule has 9 heteroatoms. The number of guanidine groups is 1. The van der Waals surface area contributed by atoms with Gasteiger partial charge in [0.15, 0.2) is 17.5 Å². The van der Waals surface area contributed by atoms with Crippen LogP contribution in [0, 0.1) is 0 Å². The zero-order valence-electron chi connectivity index (χ0n) is 16.7. The van der Waals surface area contributed by atoms with Crippen molar-refractivity contribution in [3.63, 3.8) is 0 Å². The first-order valence-corrected chi connectivity index (χ1v) is 8.44. The molecule has 0 aliphatic rings. The number of hydrogen-bond acceptors (Lipinski definition) is 5. The number of halogens is 1. The lowest BCUT2D eigenvalue weighted by molar-refractivity contribution is -0.127. The van der Waals surface area contributed by atoms with Gasteiger partial charge in [-0.25, -0.2) is 4.99 Å². The molecule has 0 spiro atoms. The summed E-state index contributed by atoms with van der Waals surface area (Å²) in [4.78, 5) is 17.5. The summed E-state index contributed by atoms with van der Waals surface area (Å²) < 4.78 is 15.6. The van der Waals surface area contributed by atoms with Crippen molar-refractivity contribution in [1.82, 2.24) is 15.5 Å². The number of ether oxygens (including phenoxy) is 3. The van der Waals surface area contributed by atoms with E-state index in [-0.39, 0.29) is 36.4 Å². The standard InChI is InChI=1S/C18H30N4O4.HI/c1-22(2)17(23)13-21-18(20-10-11-24-3)19-9-8-14-6-7-15(25-4)16(12-14)26-5;/h6-7,12H,8-11,13H2,1-5H3,(H2,19,20,21);1H. The zero-order chi connectivity index (χ0) is 19.4. The summed E-state index contributed by atoms with van der Waals surface area (Å²) in [5, 5.41) is 6.37. The largest absolute Gasteiger partial charge is 0.493 e. The summed E-state index contributed by atoms with van der Waals surface area (Å²) in [6.07, 6.45) is 0.771. The highest BCUT2D eigenvalue weighted by Gasteiger charge is 2.06. The number of rotatable bonds is 10. The molecular weight excluding hydrogens is 463 g/mol. The third kappa shape index (κ3) is 9.66. The second-order valence-corrected chi connectivity index (χ2v) is 5.74. The van der Waals surface area contributed by atoms with Crippen LogP contribution in [0.5, 0.6) is 11.5 Å². The molecule has 0 radical (unpaired) electrons. The van der Waals surface area contributed by atoms with E-state index in [9.17, 15) is 4.79 Å². The molecule has 0 aliphatic heterocycles. The molecule has 154 valence electrons. The molecule has 0 heterocycles. The second kappa shape index (κ2) is 14.3. The summed E-state index contributed by atoms with van der Waals surface area (Å²) in [5.41, 5.74) is 1.11. The summed E-state index contributed by atoms with van der Waals surface area (Å²) >= 11 is 0. The monoisotopic (exact) mass is 494 g/mol. The van der Waals surface area contributed by atoms with Gasteiger partial charge in [0.05, 0.1) is 20.8 Å². The van der Waals surface area contributed by atoms with Crippen molar-refractivity contribution >= 4 is 35.8 Å². The molecule has 0 bridgehead atoms. The Labute approximate surface area is 178 Å². The zero-order valence-corrected chi connectivity index (χ0v) is 19.0. The molecule has 0 aliphatic carbocycles. The van der Waals surface area contributed by atoms with Crippen LogP contribution in [0.2, 0.25) is 0 Å². The van der Waals surface area contributed by atoms with Crippen molar-refractivity contribution in [1.29, 1.82) is 0 Å². The fourth-order valence-corrected chi connectivity index (χ4v) is 2.10.